The molecule has 0 unspecified atom stereocenters. The third kappa shape index (κ3) is 9.87. The van der Waals surface area contributed by atoms with E-state index in [0.717, 1.165) is 82.5 Å². The molecule has 11 aromatic rings. The molecule has 7 aromatic carbocycles. The maximum atomic E-state index is 8.85. The Bertz CT molecular complexity index is 3630. The van der Waals surface area contributed by atoms with Crippen molar-refractivity contribution < 1.29 is 27.3 Å². The van der Waals surface area contributed by atoms with Gasteiger partial charge in [-0.25, -0.2) is 4.98 Å². The molecular formula is C63H56GeIrN4O-2. The van der Waals surface area contributed by atoms with Gasteiger partial charge in [0.15, 0.2) is 5.65 Å². The molecule has 5 nitrogen and oxygen atoms in total. The molecule has 1 radical (unpaired) electrons. The molecule has 11 rings (SSSR count). The van der Waals surface area contributed by atoms with Gasteiger partial charge in [0.25, 0.3) is 0 Å². The van der Waals surface area contributed by atoms with Gasteiger partial charge >= 0.3 is 144 Å². The van der Waals surface area contributed by atoms with E-state index in [1.54, 1.807) is 0 Å². The van der Waals surface area contributed by atoms with E-state index in [4.69, 9.17) is 17.1 Å². The first-order chi connectivity index (χ1) is 34.3. The summed E-state index contributed by atoms with van der Waals surface area (Å²) in [6, 6.07) is 65.9. The van der Waals surface area contributed by atoms with Crippen LogP contribution in [0.3, 0.4) is 0 Å². The van der Waals surface area contributed by atoms with Crippen molar-refractivity contribution in [1.82, 2.24) is 19.5 Å². The van der Waals surface area contributed by atoms with E-state index in [-0.39, 0.29) is 31.9 Å². The molecule has 0 atom stereocenters. The molecule has 0 aliphatic carbocycles. The van der Waals surface area contributed by atoms with Gasteiger partial charge in [-0.3, -0.25) is 4.98 Å². The molecule has 349 valence electrons. The van der Waals surface area contributed by atoms with Crippen LogP contribution in [-0.2, 0) is 26.5 Å². The molecule has 0 N–H and O–H groups in total. The maximum absolute atomic E-state index is 8.85. The van der Waals surface area contributed by atoms with Crippen LogP contribution in [0.2, 0.25) is 17.3 Å². The number of imidazole rings is 1. The van der Waals surface area contributed by atoms with E-state index < -0.39 is 19.6 Å². The van der Waals surface area contributed by atoms with Crippen LogP contribution in [0.1, 0.15) is 64.5 Å². The summed E-state index contributed by atoms with van der Waals surface area (Å²) >= 11 is -2.30. The number of hydrogen-bond donors (Lipinski definition) is 0. The number of nitrogens with zero attached hydrogens (tertiary/aromatic N) is 4. The molecule has 4 heterocycles. The summed E-state index contributed by atoms with van der Waals surface area (Å²) in [5.41, 5.74) is 15.4. The predicted molar refractivity (Wildman–Crippen MR) is 290 cm³/mol. The Hall–Kier alpha value is -6.70. The van der Waals surface area contributed by atoms with Crippen LogP contribution in [0.5, 0.6) is 0 Å². The van der Waals surface area contributed by atoms with Gasteiger partial charge in [0, 0.05) is 42.9 Å². The minimum atomic E-state index is -2.30. The van der Waals surface area contributed by atoms with Gasteiger partial charge in [0.05, 0.1) is 16.9 Å². The average molecular weight is 1150 g/mol. The predicted octanol–water partition coefficient (Wildman–Crippen LogP) is 16.1. The number of furan rings is 1. The molecule has 70 heavy (non-hydrogen) atoms. The number of rotatable bonds is 10. The normalized spacial score (nSPS) is 12.2. The molecule has 0 fully saturated rings. The SMILES string of the molecule is CC(C)c1cc(-c2ccccc2)cc(C(C)C)c1-n1c(-c2[c-]ccc3c2oc2ccccc23)nc2cc(-c3ccccc3)cnc21.[2H]C([2H])(c1ccccc1)c1cc(-c2[c-]cccc2)nc[c]1[Ge]([CH3])([CH3])[CH3].[Ir]. The first kappa shape index (κ1) is 45.7. The summed E-state index contributed by atoms with van der Waals surface area (Å²) < 4.78 is 27.6. The van der Waals surface area contributed by atoms with Gasteiger partial charge in [0.1, 0.15) is 5.58 Å². The molecule has 4 aromatic heterocycles. The summed E-state index contributed by atoms with van der Waals surface area (Å²) in [7, 11) is 0. The first-order valence-electron chi connectivity index (χ1n) is 24.8. The number of pyridine rings is 2. The molecule has 0 aliphatic rings. The quantitative estimate of drug-likeness (QED) is 0.101. The largest absolute Gasteiger partial charge is 0 e. The topological polar surface area (TPSA) is 56.7 Å². The van der Waals surface area contributed by atoms with Gasteiger partial charge in [-0.1, -0.05) is 118 Å². The van der Waals surface area contributed by atoms with Crippen molar-refractivity contribution >= 4 is 50.8 Å². The molecule has 0 amide bonds. The summed E-state index contributed by atoms with van der Waals surface area (Å²) in [6.45, 7) is 9.07. The van der Waals surface area contributed by atoms with Crippen LogP contribution >= 0.6 is 0 Å². The van der Waals surface area contributed by atoms with Crippen molar-refractivity contribution in [2.45, 2.75) is 63.2 Å². The molecule has 0 spiro atoms. The van der Waals surface area contributed by atoms with Crippen molar-refractivity contribution in [1.29, 1.82) is 0 Å². The second kappa shape index (κ2) is 20.7. The van der Waals surface area contributed by atoms with Gasteiger partial charge in [0.2, 0.25) is 0 Å². The summed E-state index contributed by atoms with van der Waals surface area (Å²) in [6.07, 6.45) is 2.31. The van der Waals surface area contributed by atoms with Crippen LogP contribution in [0.25, 0.3) is 83.7 Å². The monoisotopic (exact) mass is 1150 g/mol. The molecule has 0 aliphatic heterocycles. The molecule has 7 heteroatoms. The van der Waals surface area contributed by atoms with Gasteiger partial charge < -0.3 is 8.98 Å². The van der Waals surface area contributed by atoms with Crippen molar-refractivity contribution in [3.05, 3.63) is 223 Å². The third-order valence-electron chi connectivity index (χ3n) is 12.7. The summed E-state index contributed by atoms with van der Waals surface area (Å²) in [4.78, 5) is 15.1. The fraction of sp³-hybridized carbons (Fsp3) is 0.159. The van der Waals surface area contributed by atoms with Crippen molar-refractivity contribution in [3.63, 3.8) is 0 Å². The minimum absolute atomic E-state index is 0. The first-order valence-corrected chi connectivity index (χ1v) is 31.2. The van der Waals surface area contributed by atoms with Crippen molar-refractivity contribution in [3.8, 4) is 50.6 Å². The Labute approximate surface area is 431 Å². The third-order valence-corrected chi connectivity index (χ3v) is 16.9. The Balaban J connectivity index is 0.000000209. The number of para-hydroxylation sites is 1. The second-order valence-corrected chi connectivity index (χ2v) is 29.8. The van der Waals surface area contributed by atoms with E-state index in [1.807, 2.05) is 97.3 Å². The van der Waals surface area contributed by atoms with E-state index in [9.17, 15) is 0 Å². The number of benzene rings is 7. The van der Waals surface area contributed by atoms with E-state index in [2.05, 4.69) is 158 Å². The second-order valence-electron chi connectivity index (χ2n) is 19.2. The minimum Gasteiger partial charge on any atom is 0 e. The van der Waals surface area contributed by atoms with Crippen molar-refractivity contribution in [2.24, 2.45) is 0 Å². The fourth-order valence-corrected chi connectivity index (χ4v) is 12.1. The Morgan fingerprint density at radius 3 is 1.89 bits per heavy atom. The van der Waals surface area contributed by atoms with E-state index in [0.29, 0.717) is 5.56 Å². The van der Waals surface area contributed by atoms with E-state index >= 15 is 0 Å². The van der Waals surface area contributed by atoms with Crippen molar-refractivity contribution in [2.75, 3.05) is 0 Å². The van der Waals surface area contributed by atoms with E-state index in [1.165, 1.54) is 22.3 Å². The zero-order valence-corrected chi connectivity index (χ0v) is 45.1. The van der Waals surface area contributed by atoms with Crippen LogP contribution in [0.4, 0.5) is 0 Å². The smallest absolute Gasteiger partial charge is 0 e. The molecule has 0 bridgehead atoms. The molecule has 0 saturated carbocycles. The Morgan fingerprint density at radius 1 is 0.614 bits per heavy atom. The standard InChI is InChI=1S/C42H34N3O.C21H22GeN.Ir/c1-26(2)35-22-30(28-14-7-5-8-15-28)23-36(27(3)4)39(35)45-41(34-20-13-19-33-32-18-11-12-21-38(32)46-40(33)34)44-37-24-31(25-43-42(37)45)29-16-9-6-10-17-29;1-22(2,3)20-16-23-21(18-12-8-5-9-13-18)15-19(20)14-17-10-6-4-7-11-17;/h5-19,21-27H,1-4H3;4-12,15-16H,14H2,1-3H3;/q2*-1;/i;14D2;. The van der Waals surface area contributed by atoms with Crippen LogP contribution in [0, 0.1) is 12.1 Å². The zero-order valence-electron chi connectivity index (χ0n) is 42.6. The number of aromatic nitrogens is 4. The Morgan fingerprint density at radius 2 is 1.24 bits per heavy atom. The van der Waals surface area contributed by atoms with Gasteiger partial charge in [-0.15, -0.1) is 18.2 Å². The summed E-state index contributed by atoms with van der Waals surface area (Å²) in [5.74, 6) is 8.09. The fourth-order valence-electron chi connectivity index (χ4n) is 9.14. The Kier molecular flexibility index (Phi) is 13.5. The number of hydrogen-bond acceptors (Lipinski definition) is 4. The zero-order chi connectivity index (χ0) is 49.4. The van der Waals surface area contributed by atoms with Crippen LogP contribution in [-0.4, -0.2) is 32.8 Å². The maximum Gasteiger partial charge on any atom is 0 e. The number of fused-ring (bicyclic) bond motifs is 4. The molecular weight excluding hydrogens is 1090 g/mol. The average Bonchev–Trinajstić information content (AvgIpc) is 3.97. The molecule has 0 saturated heterocycles. The van der Waals surface area contributed by atoms with Crippen LogP contribution < -0.4 is 4.40 Å². The van der Waals surface area contributed by atoms with Gasteiger partial charge in [-0.05, 0) is 63.9 Å². The summed E-state index contributed by atoms with van der Waals surface area (Å²) in [5, 5.41) is 2.13. The van der Waals surface area contributed by atoms with Crippen LogP contribution in [0.15, 0.2) is 193 Å². The van der Waals surface area contributed by atoms with Gasteiger partial charge in [-0.2, -0.15) is 0 Å².